The van der Waals surface area contributed by atoms with E-state index in [4.69, 9.17) is 13.6 Å². The predicted molar refractivity (Wildman–Crippen MR) is 101 cm³/mol. The van der Waals surface area contributed by atoms with Crippen molar-refractivity contribution >= 4 is 33.7 Å². The minimum atomic E-state index is -0.925. The van der Waals surface area contributed by atoms with Crippen LogP contribution in [0, 0.1) is 0 Å². The van der Waals surface area contributed by atoms with Crippen LogP contribution < -0.4 is 15.4 Å². The normalized spacial score (nSPS) is 12.2. The molecule has 0 aliphatic carbocycles. The van der Waals surface area contributed by atoms with Gasteiger partial charge >= 0.3 is 6.03 Å². The van der Waals surface area contributed by atoms with Gasteiger partial charge in [-0.25, -0.2) is 4.79 Å². The van der Waals surface area contributed by atoms with E-state index in [2.05, 4.69) is 10.6 Å². The van der Waals surface area contributed by atoms with Crippen molar-refractivity contribution < 1.29 is 23.5 Å². The summed E-state index contributed by atoms with van der Waals surface area (Å²) in [5.74, 6) is 0.896. The Morgan fingerprint density at radius 1 is 1.15 bits per heavy atom. The van der Waals surface area contributed by atoms with Crippen LogP contribution in [0.2, 0.25) is 0 Å². The number of ether oxygens (including phenoxy) is 1. The van der Waals surface area contributed by atoms with Gasteiger partial charge in [0.15, 0.2) is 0 Å². The monoisotopic (exact) mass is 366 g/mol. The molecule has 0 spiro atoms. The number of anilines is 1. The molecule has 4 rings (SSSR count). The van der Waals surface area contributed by atoms with Gasteiger partial charge in [-0.1, -0.05) is 18.2 Å². The molecule has 2 heterocycles. The molecular weight excluding hydrogens is 348 g/mol. The Kier molecular flexibility index (Phi) is 4.43. The highest BCUT2D eigenvalue weighted by Gasteiger charge is 2.15. The molecule has 27 heavy (non-hydrogen) atoms. The molecule has 1 unspecified atom stereocenters. The van der Waals surface area contributed by atoms with Crippen molar-refractivity contribution in [3.63, 3.8) is 0 Å². The average molecular weight is 366 g/mol. The second kappa shape index (κ2) is 7.05. The number of aliphatic hydroxyl groups excluding tert-OH is 1. The first-order valence-corrected chi connectivity index (χ1v) is 8.41. The van der Waals surface area contributed by atoms with E-state index in [9.17, 15) is 9.90 Å². The van der Waals surface area contributed by atoms with Crippen LogP contribution in [0.3, 0.4) is 0 Å². The molecule has 2 amide bonds. The van der Waals surface area contributed by atoms with Gasteiger partial charge in [0.2, 0.25) is 0 Å². The van der Waals surface area contributed by atoms with Crippen LogP contribution in [0.4, 0.5) is 10.5 Å². The lowest BCUT2D eigenvalue weighted by atomic mass is 10.1. The molecule has 138 valence electrons. The molecule has 0 aliphatic rings. The molecule has 1 atom stereocenters. The smallest absolute Gasteiger partial charge is 0.319 e. The lowest BCUT2D eigenvalue weighted by Crippen LogP contribution is -2.32. The zero-order valence-electron chi connectivity index (χ0n) is 14.6. The number of benzene rings is 2. The van der Waals surface area contributed by atoms with Crippen LogP contribution in [-0.2, 0) is 0 Å². The van der Waals surface area contributed by atoms with Crippen molar-refractivity contribution in [1.82, 2.24) is 5.32 Å². The van der Waals surface area contributed by atoms with E-state index in [0.29, 0.717) is 22.8 Å². The third kappa shape index (κ3) is 3.32. The minimum absolute atomic E-state index is 0.00848. The minimum Gasteiger partial charge on any atom is -0.495 e. The fraction of sp³-hybridized carbons (Fsp3) is 0.150. The Labute approximate surface area is 154 Å². The molecule has 2 aromatic heterocycles. The first-order chi connectivity index (χ1) is 13.2. The second-order valence-corrected chi connectivity index (χ2v) is 6.01. The van der Waals surface area contributed by atoms with Crippen molar-refractivity contribution in [3.05, 3.63) is 60.6 Å². The number of methoxy groups -OCH3 is 1. The van der Waals surface area contributed by atoms with E-state index in [1.807, 2.05) is 30.3 Å². The van der Waals surface area contributed by atoms with Crippen molar-refractivity contribution in [1.29, 1.82) is 0 Å². The van der Waals surface area contributed by atoms with Gasteiger partial charge in [-0.3, -0.25) is 0 Å². The van der Waals surface area contributed by atoms with Gasteiger partial charge in [-0.15, -0.1) is 0 Å². The van der Waals surface area contributed by atoms with Gasteiger partial charge in [-0.05, 0) is 24.3 Å². The third-order valence-corrected chi connectivity index (χ3v) is 4.27. The highest BCUT2D eigenvalue weighted by Crippen LogP contribution is 2.36. The molecule has 0 fully saturated rings. The molecule has 0 bridgehead atoms. The van der Waals surface area contributed by atoms with E-state index in [-0.39, 0.29) is 6.54 Å². The van der Waals surface area contributed by atoms with Gasteiger partial charge < -0.3 is 29.3 Å². The number of carbonyl (C=O) groups is 1. The molecule has 2 aromatic carbocycles. The second-order valence-electron chi connectivity index (χ2n) is 6.01. The van der Waals surface area contributed by atoms with Crippen molar-refractivity contribution in [2.24, 2.45) is 0 Å². The van der Waals surface area contributed by atoms with Crippen LogP contribution in [0.15, 0.2) is 63.6 Å². The lowest BCUT2D eigenvalue weighted by Gasteiger charge is -2.13. The number of rotatable bonds is 5. The summed E-state index contributed by atoms with van der Waals surface area (Å²) >= 11 is 0. The van der Waals surface area contributed by atoms with Crippen LogP contribution in [0.1, 0.15) is 11.9 Å². The van der Waals surface area contributed by atoms with Crippen LogP contribution >= 0.6 is 0 Å². The topological polar surface area (TPSA) is 96.9 Å². The molecule has 7 heteroatoms. The number of urea groups is 1. The Hall–Kier alpha value is -3.45. The molecule has 3 N–H and O–H groups in total. The number of nitrogens with one attached hydrogen (secondary N) is 2. The summed E-state index contributed by atoms with van der Waals surface area (Å²) in [6.07, 6.45) is 0.539. The maximum atomic E-state index is 12.2. The SMILES string of the molecule is COc1cc2c(cc1NC(=O)NCC(O)c1ccco1)oc1ccccc12. The molecule has 0 aliphatic heterocycles. The zero-order valence-corrected chi connectivity index (χ0v) is 14.6. The number of carbonyl (C=O) groups excluding carboxylic acids is 1. The number of furan rings is 2. The van der Waals surface area contributed by atoms with E-state index < -0.39 is 12.1 Å². The highest BCUT2D eigenvalue weighted by molar-refractivity contribution is 6.07. The lowest BCUT2D eigenvalue weighted by molar-refractivity contribution is 0.149. The highest BCUT2D eigenvalue weighted by atomic mass is 16.5. The first kappa shape index (κ1) is 17.0. The largest absolute Gasteiger partial charge is 0.495 e. The Balaban J connectivity index is 1.53. The molecule has 0 radical (unpaired) electrons. The summed E-state index contributed by atoms with van der Waals surface area (Å²) in [7, 11) is 1.53. The molecule has 7 nitrogen and oxygen atoms in total. The number of amides is 2. The predicted octanol–water partition coefficient (Wildman–Crippen LogP) is 4.04. The summed E-state index contributed by atoms with van der Waals surface area (Å²) in [6, 6.07) is 14.1. The van der Waals surface area contributed by atoms with Gasteiger partial charge in [0.1, 0.15) is 28.8 Å². The quantitative estimate of drug-likeness (QED) is 0.495. The van der Waals surface area contributed by atoms with Crippen LogP contribution in [0.5, 0.6) is 5.75 Å². The Morgan fingerprint density at radius 2 is 2.00 bits per heavy atom. The van der Waals surface area contributed by atoms with Crippen molar-refractivity contribution in [2.45, 2.75) is 6.10 Å². The number of para-hydroxylation sites is 1. The van der Waals surface area contributed by atoms with Crippen molar-refractivity contribution in [3.8, 4) is 5.75 Å². The fourth-order valence-electron chi connectivity index (χ4n) is 2.96. The van der Waals surface area contributed by atoms with Crippen molar-refractivity contribution in [2.75, 3.05) is 19.0 Å². The molecule has 0 saturated carbocycles. The summed E-state index contributed by atoms with van der Waals surface area (Å²) in [5.41, 5.74) is 1.87. The summed E-state index contributed by atoms with van der Waals surface area (Å²) < 4.78 is 16.4. The van der Waals surface area contributed by atoms with Gasteiger partial charge in [0, 0.05) is 16.8 Å². The molecule has 0 saturated heterocycles. The Morgan fingerprint density at radius 3 is 2.78 bits per heavy atom. The average Bonchev–Trinajstić information content (AvgIpc) is 3.33. The fourth-order valence-corrected chi connectivity index (χ4v) is 2.96. The van der Waals surface area contributed by atoms with Gasteiger partial charge in [-0.2, -0.15) is 0 Å². The van der Waals surface area contributed by atoms with Crippen LogP contribution in [-0.4, -0.2) is 24.8 Å². The number of fused-ring (bicyclic) bond motifs is 3. The van der Waals surface area contributed by atoms with Gasteiger partial charge in [0.05, 0.1) is 25.6 Å². The Bertz CT molecular complexity index is 1080. The van der Waals surface area contributed by atoms with Crippen LogP contribution in [0.25, 0.3) is 21.9 Å². The maximum absolute atomic E-state index is 12.2. The van der Waals surface area contributed by atoms with E-state index in [0.717, 1.165) is 16.4 Å². The number of hydrogen-bond acceptors (Lipinski definition) is 5. The maximum Gasteiger partial charge on any atom is 0.319 e. The zero-order chi connectivity index (χ0) is 18.8. The third-order valence-electron chi connectivity index (χ3n) is 4.27. The number of hydrogen-bond donors (Lipinski definition) is 3. The van der Waals surface area contributed by atoms with E-state index >= 15 is 0 Å². The van der Waals surface area contributed by atoms with E-state index in [1.165, 1.54) is 13.4 Å². The molecule has 4 aromatic rings. The molecular formula is C20H18N2O5. The number of aliphatic hydroxyl groups is 1. The standard InChI is InChI=1S/C20H18N2O5/c1-25-19-9-13-12-5-2-3-6-16(12)27-18(13)10-14(19)22-20(24)21-11-15(23)17-7-4-8-26-17/h2-10,15,23H,11H2,1H3,(H2,21,22,24). The summed E-state index contributed by atoms with van der Waals surface area (Å²) in [6.45, 7) is 0.00848. The summed E-state index contributed by atoms with van der Waals surface area (Å²) in [4.78, 5) is 12.2. The summed E-state index contributed by atoms with van der Waals surface area (Å²) in [5, 5.41) is 17.2. The van der Waals surface area contributed by atoms with Gasteiger partial charge in [0.25, 0.3) is 0 Å². The van der Waals surface area contributed by atoms with E-state index in [1.54, 1.807) is 18.2 Å². The first-order valence-electron chi connectivity index (χ1n) is 8.41.